The predicted octanol–water partition coefficient (Wildman–Crippen LogP) is 5.99. The molecule has 196 valence electrons. The molecule has 3 aromatic carbocycles. The second-order valence-electron chi connectivity index (χ2n) is 8.25. The van der Waals surface area contributed by atoms with Gasteiger partial charge in [0.1, 0.15) is 17.9 Å². The molecule has 8 nitrogen and oxygen atoms in total. The highest BCUT2D eigenvalue weighted by Gasteiger charge is 2.37. The summed E-state index contributed by atoms with van der Waals surface area (Å²) in [5.41, 5.74) is 1.59. The van der Waals surface area contributed by atoms with Crippen LogP contribution >= 0.6 is 34.2 Å². The van der Waals surface area contributed by atoms with Crippen LogP contribution in [0.2, 0.25) is 5.02 Å². The lowest BCUT2D eigenvalue weighted by Crippen LogP contribution is -2.54. The number of imide groups is 2. The van der Waals surface area contributed by atoms with Gasteiger partial charge in [-0.05, 0) is 94.7 Å². The average Bonchev–Trinajstić information content (AvgIpc) is 2.90. The minimum absolute atomic E-state index is 0.187. The van der Waals surface area contributed by atoms with Gasteiger partial charge in [0.05, 0.1) is 23.0 Å². The third-order valence-electron chi connectivity index (χ3n) is 5.53. The van der Waals surface area contributed by atoms with Crippen LogP contribution in [-0.2, 0) is 16.2 Å². The number of carbonyl (C=O) groups is 3. The Kier molecular flexibility index (Phi) is 8.90. The van der Waals surface area contributed by atoms with Crippen LogP contribution in [0.25, 0.3) is 6.08 Å². The Bertz CT molecular complexity index is 1390. The Morgan fingerprint density at radius 2 is 1.71 bits per heavy atom. The van der Waals surface area contributed by atoms with Crippen LogP contribution in [-0.4, -0.2) is 31.6 Å². The first kappa shape index (κ1) is 27.5. The van der Waals surface area contributed by atoms with E-state index in [0.29, 0.717) is 46.7 Å². The van der Waals surface area contributed by atoms with Crippen molar-refractivity contribution in [2.45, 2.75) is 20.0 Å². The topological polar surface area (TPSA) is 94.2 Å². The Hall–Kier alpha value is -3.57. The van der Waals surface area contributed by atoms with Crippen LogP contribution in [0.5, 0.6) is 17.2 Å². The minimum atomic E-state index is -0.831. The van der Waals surface area contributed by atoms with Crippen LogP contribution < -0.4 is 24.4 Å². The highest BCUT2D eigenvalue weighted by Crippen LogP contribution is 2.35. The molecule has 0 unspecified atom stereocenters. The molecule has 1 heterocycles. The number of methoxy groups -OCH3 is 1. The van der Waals surface area contributed by atoms with Gasteiger partial charge in [-0.1, -0.05) is 30.7 Å². The van der Waals surface area contributed by atoms with Crippen molar-refractivity contribution in [3.8, 4) is 17.2 Å². The molecule has 1 fully saturated rings. The summed E-state index contributed by atoms with van der Waals surface area (Å²) in [6.45, 7) is 2.85. The Balaban J connectivity index is 1.55. The van der Waals surface area contributed by atoms with Crippen molar-refractivity contribution in [1.82, 2.24) is 5.32 Å². The number of urea groups is 1. The summed E-state index contributed by atoms with van der Waals surface area (Å²) in [5.74, 6) is 0.0930. The quantitative estimate of drug-likeness (QED) is 0.175. The molecular formula is C28H24ClIN2O6. The Labute approximate surface area is 238 Å². The number of nitrogens with one attached hydrogen (secondary N) is 1. The molecule has 38 heavy (non-hydrogen) atoms. The summed E-state index contributed by atoms with van der Waals surface area (Å²) < 4.78 is 17.8. The number of rotatable bonds is 9. The van der Waals surface area contributed by atoms with Gasteiger partial charge in [-0.2, -0.15) is 0 Å². The Morgan fingerprint density at radius 1 is 1.00 bits per heavy atom. The maximum atomic E-state index is 13.3. The zero-order valence-corrected chi connectivity index (χ0v) is 23.5. The van der Waals surface area contributed by atoms with Gasteiger partial charge in [0.2, 0.25) is 0 Å². The van der Waals surface area contributed by atoms with Gasteiger partial charge in [0.15, 0.2) is 11.5 Å². The van der Waals surface area contributed by atoms with Crippen molar-refractivity contribution in [2.24, 2.45) is 0 Å². The zero-order valence-electron chi connectivity index (χ0n) is 20.6. The second kappa shape index (κ2) is 12.3. The summed E-state index contributed by atoms with van der Waals surface area (Å²) in [6.07, 6.45) is 2.26. The first-order chi connectivity index (χ1) is 18.3. The number of hydrogen-bond donors (Lipinski definition) is 1. The molecule has 0 aliphatic carbocycles. The molecule has 1 N–H and O–H groups in total. The van der Waals surface area contributed by atoms with Crippen LogP contribution in [0.3, 0.4) is 0 Å². The molecule has 3 aromatic rings. The number of hydrogen-bond acceptors (Lipinski definition) is 6. The molecule has 10 heteroatoms. The van der Waals surface area contributed by atoms with E-state index < -0.39 is 17.8 Å². The molecule has 1 saturated heterocycles. The van der Waals surface area contributed by atoms with Crippen molar-refractivity contribution >= 4 is 63.8 Å². The number of barbiturate groups is 1. The molecule has 0 radical (unpaired) electrons. The third-order valence-corrected chi connectivity index (χ3v) is 6.58. The van der Waals surface area contributed by atoms with E-state index >= 15 is 0 Å². The van der Waals surface area contributed by atoms with Gasteiger partial charge < -0.3 is 14.2 Å². The number of carbonyl (C=O) groups excluding carboxylic acids is 3. The smallest absolute Gasteiger partial charge is 0.335 e. The van der Waals surface area contributed by atoms with E-state index in [1.807, 2.05) is 19.1 Å². The van der Waals surface area contributed by atoms with E-state index in [0.717, 1.165) is 20.5 Å². The fourth-order valence-electron chi connectivity index (χ4n) is 3.66. The van der Waals surface area contributed by atoms with E-state index in [4.69, 9.17) is 25.8 Å². The summed E-state index contributed by atoms with van der Waals surface area (Å²) in [5, 5.41) is 2.88. The van der Waals surface area contributed by atoms with Crippen molar-refractivity contribution in [3.63, 3.8) is 0 Å². The molecule has 0 saturated carbocycles. The lowest BCUT2D eigenvalue weighted by Gasteiger charge is -2.26. The van der Waals surface area contributed by atoms with E-state index in [2.05, 4.69) is 27.9 Å². The fraction of sp³-hybridized carbons (Fsp3) is 0.179. The molecule has 1 aliphatic rings. The van der Waals surface area contributed by atoms with E-state index in [1.54, 1.807) is 48.5 Å². The van der Waals surface area contributed by atoms with Crippen molar-refractivity contribution < 1.29 is 28.6 Å². The lowest BCUT2D eigenvalue weighted by atomic mass is 10.1. The van der Waals surface area contributed by atoms with Crippen LogP contribution in [0, 0.1) is 3.57 Å². The predicted molar refractivity (Wildman–Crippen MR) is 153 cm³/mol. The SMILES string of the molecule is CCCOc1c(I)cc(/C=C2\C(=O)NC(=O)N(c3ccc(OCc4ccc(Cl)cc4)cc3)C2=O)cc1OC. The summed E-state index contributed by atoms with van der Waals surface area (Å²) in [4.78, 5) is 39.4. The van der Waals surface area contributed by atoms with Crippen LogP contribution in [0.1, 0.15) is 24.5 Å². The van der Waals surface area contributed by atoms with E-state index in [1.165, 1.54) is 13.2 Å². The molecule has 4 amide bonds. The van der Waals surface area contributed by atoms with Crippen molar-refractivity contribution in [1.29, 1.82) is 0 Å². The van der Waals surface area contributed by atoms with Crippen molar-refractivity contribution in [2.75, 3.05) is 18.6 Å². The van der Waals surface area contributed by atoms with Crippen LogP contribution in [0.4, 0.5) is 10.5 Å². The molecule has 0 aromatic heterocycles. The van der Waals surface area contributed by atoms with Gasteiger partial charge in [0, 0.05) is 5.02 Å². The molecule has 0 bridgehead atoms. The molecule has 1 aliphatic heterocycles. The first-order valence-corrected chi connectivity index (χ1v) is 13.2. The Morgan fingerprint density at radius 3 is 2.37 bits per heavy atom. The standard InChI is InChI=1S/C28H24ClIN2O6/c1-3-12-37-25-23(30)14-18(15-24(25)36-2)13-22-26(33)31-28(35)32(27(22)34)20-8-10-21(11-9-20)38-16-17-4-6-19(29)7-5-17/h4-11,13-15H,3,12,16H2,1-2H3,(H,31,33,35)/b22-13+. The molecule has 0 atom stereocenters. The summed E-state index contributed by atoms with van der Waals surface area (Å²) >= 11 is 8.02. The normalized spacial score (nSPS) is 14.5. The lowest BCUT2D eigenvalue weighted by molar-refractivity contribution is -0.122. The second-order valence-corrected chi connectivity index (χ2v) is 9.85. The number of ether oxygens (including phenoxy) is 3. The minimum Gasteiger partial charge on any atom is -0.493 e. The van der Waals surface area contributed by atoms with Gasteiger partial charge in [0.25, 0.3) is 11.8 Å². The van der Waals surface area contributed by atoms with Gasteiger partial charge >= 0.3 is 6.03 Å². The molecule has 0 spiro atoms. The first-order valence-electron chi connectivity index (χ1n) is 11.7. The molecule has 4 rings (SSSR count). The zero-order chi connectivity index (χ0) is 27.2. The maximum absolute atomic E-state index is 13.3. The number of halogens is 2. The number of benzene rings is 3. The fourth-order valence-corrected chi connectivity index (χ4v) is 4.57. The largest absolute Gasteiger partial charge is 0.493 e. The van der Waals surface area contributed by atoms with Crippen molar-refractivity contribution in [3.05, 3.63) is 86.0 Å². The van der Waals surface area contributed by atoms with Gasteiger partial charge in [-0.25, -0.2) is 9.69 Å². The maximum Gasteiger partial charge on any atom is 0.335 e. The van der Waals surface area contributed by atoms with Crippen LogP contribution in [0.15, 0.2) is 66.2 Å². The average molecular weight is 647 g/mol. The number of nitrogens with zero attached hydrogens (tertiary/aromatic N) is 1. The number of anilines is 1. The van der Waals surface area contributed by atoms with E-state index in [9.17, 15) is 14.4 Å². The highest BCUT2D eigenvalue weighted by atomic mass is 127. The number of amides is 4. The van der Waals surface area contributed by atoms with E-state index in [-0.39, 0.29) is 5.57 Å². The third kappa shape index (κ3) is 6.28. The van der Waals surface area contributed by atoms with Gasteiger partial charge in [-0.3, -0.25) is 14.9 Å². The van der Waals surface area contributed by atoms with Gasteiger partial charge in [-0.15, -0.1) is 0 Å². The summed E-state index contributed by atoms with van der Waals surface area (Å²) in [7, 11) is 1.52. The summed E-state index contributed by atoms with van der Waals surface area (Å²) in [6, 6.07) is 16.3. The molecular weight excluding hydrogens is 623 g/mol. The monoisotopic (exact) mass is 646 g/mol. The highest BCUT2D eigenvalue weighted by molar-refractivity contribution is 14.1.